The number of aliphatic hydroxyl groups is 1. The first-order chi connectivity index (χ1) is 12.2. The van der Waals surface area contributed by atoms with Crippen molar-refractivity contribution in [3.05, 3.63) is 52.2 Å². The minimum Gasteiger partial charge on any atom is -0.491 e. The molecule has 0 amide bonds. The molecule has 0 radical (unpaired) electrons. The van der Waals surface area contributed by atoms with Crippen LogP contribution < -0.4 is 4.74 Å². The average Bonchev–Trinajstić information content (AvgIpc) is 3.31. The molecule has 0 bridgehead atoms. The van der Waals surface area contributed by atoms with Crippen molar-refractivity contribution in [2.24, 2.45) is 0 Å². The van der Waals surface area contributed by atoms with Gasteiger partial charge >= 0.3 is 5.97 Å². The number of hydrogen-bond donors (Lipinski definition) is 1. The maximum absolute atomic E-state index is 11.4. The second kappa shape index (κ2) is 8.47. The lowest BCUT2D eigenvalue weighted by molar-refractivity contribution is 0.0598. The number of thiophene rings is 1. The fourth-order valence-corrected chi connectivity index (χ4v) is 4.06. The van der Waals surface area contributed by atoms with E-state index >= 15 is 0 Å². The number of likely N-dealkylation sites (tertiary alicyclic amines) is 1. The fourth-order valence-electron chi connectivity index (χ4n) is 3.17. The Kier molecular flexibility index (Phi) is 6.07. The van der Waals surface area contributed by atoms with Crippen molar-refractivity contribution >= 4 is 17.3 Å². The lowest BCUT2D eigenvalue weighted by Gasteiger charge is -2.26. The van der Waals surface area contributed by atoms with Gasteiger partial charge in [-0.05, 0) is 55.1 Å². The Hall–Kier alpha value is -1.89. The number of carbonyl (C=O) groups excluding carboxylic acids is 1. The summed E-state index contributed by atoms with van der Waals surface area (Å²) in [6.07, 6.45) is 1.75. The number of β-amino-alcohol motifs (C(OH)–C–C–N with tert-alkyl or cyclic N) is 1. The van der Waals surface area contributed by atoms with Crippen molar-refractivity contribution in [1.29, 1.82) is 0 Å². The van der Waals surface area contributed by atoms with Crippen LogP contribution in [0.2, 0.25) is 0 Å². The number of ether oxygens (including phenoxy) is 2. The predicted octanol–water partition coefficient (Wildman–Crippen LogP) is 3.11. The molecule has 0 aliphatic carbocycles. The molecule has 6 heteroatoms. The van der Waals surface area contributed by atoms with E-state index in [1.807, 2.05) is 0 Å². The van der Waals surface area contributed by atoms with Crippen molar-refractivity contribution in [3.63, 3.8) is 0 Å². The zero-order valence-electron chi connectivity index (χ0n) is 14.3. The quantitative estimate of drug-likeness (QED) is 0.768. The minimum atomic E-state index is -0.555. The number of aliphatic hydroxyl groups excluding tert-OH is 1. The number of nitrogens with zero attached hydrogens (tertiary/aromatic N) is 1. The largest absolute Gasteiger partial charge is 0.491 e. The predicted molar refractivity (Wildman–Crippen MR) is 97.2 cm³/mol. The molecule has 0 saturated carbocycles. The summed E-state index contributed by atoms with van der Waals surface area (Å²) >= 11 is 1.77. The lowest BCUT2D eigenvalue weighted by atomic mass is 10.2. The molecule has 25 heavy (non-hydrogen) atoms. The first-order valence-corrected chi connectivity index (χ1v) is 9.32. The zero-order valence-corrected chi connectivity index (χ0v) is 15.1. The van der Waals surface area contributed by atoms with E-state index in [1.54, 1.807) is 35.6 Å². The van der Waals surface area contributed by atoms with Crippen LogP contribution in [-0.2, 0) is 4.74 Å². The van der Waals surface area contributed by atoms with Gasteiger partial charge in [-0.15, -0.1) is 11.3 Å². The van der Waals surface area contributed by atoms with Crippen LogP contribution in [0.3, 0.4) is 0 Å². The van der Waals surface area contributed by atoms with Crippen molar-refractivity contribution in [2.45, 2.75) is 25.0 Å². The SMILES string of the molecule is COC(=O)c1ccc(OC[C@H](O)CN2CCC[C@@H]2c2cccs2)cc1. The van der Waals surface area contributed by atoms with Crippen LogP contribution in [0.1, 0.15) is 34.1 Å². The molecule has 0 unspecified atom stereocenters. The Bertz CT molecular complexity index is 671. The first-order valence-electron chi connectivity index (χ1n) is 8.44. The molecule has 1 fully saturated rings. The van der Waals surface area contributed by atoms with Crippen LogP contribution in [0, 0.1) is 0 Å². The third-order valence-electron chi connectivity index (χ3n) is 4.40. The molecule has 0 spiro atoms. The maximum atomic E-state index is 11.4. The normalized spacial score (nSPS) is 18.9. The number of esters is 1. The van der Waals surface area contributed by atoms with Gasteiger partial charge in [0.05, 0.1) is 12.7 Å². The van der Waals surface area contributed by atoms with Crippen molar-refractivity contribution in [3.8, 4) is 5.75 Å². The number of benzene rings is 1. The first kappa shape index (κ1) is 17.9. The van der Waals surface area contributed by atoms with Crippen molar-refractivity contribution in [2.75, 3.05) is 26.8 Å². The third kappa shape index (κ3) is 4.60. The van der Waals surface area contributed by atoms with Gasteiger partial charge < -0.3 is 14.6 Å². The van der Waals surface area contributed by atoms with Gasteiger partial charge in [0, 0.05) is 17.5 Å². The average molecular weight is 361 g/mol. The third-order valence-corrected chi connectivity index (χ3v) is 5.37. The molecule has 2 atom stereocenters. The molecular formula is C19H23NO4S. The minimum absolute atomic E-state index is 0.227. The van der Waals surface area contributed by atoms with Gasteiger partial charge in [0.25, 0.3) is 0 Å². The molecular weight excluding hydrogens is 338 g/mol. The van der Waals surface area contributed by atoms with Gasteiger partial charge in [-0.3, -0.25) is 4.90 Å². The smallest absolute Gasteiger partial charge is 0.337 e. The number of carbonyl (C=O) groups is 1. The summed E-state index contributed by atoms with van der Waals surface area (Å²) in [5.41, 5.74) is 0.478. The summed E-state index contributed by atoms with van der Waals surface area (Å²) in [6, 6.07) is 11.4. The van der Waals surface area contributed by atoms with Crippen molar-refractivity contribution in [1.82, 2.24) is 4.90 Å². The second-order valence-corrected chi connectivity index (χ2v) is 7.13. The van der Waals surface area contributed by atoms with Crippen LogP contribution in [0.5, 0.6) is 5.75 Å². The van der Waals surface area contributed by atoms with E-state index in [0.717, 1.165) is 19.4 Å². The molecule has 1 aromatic heterocycles. The maximum Gasteiger partial charge on any atom is 0.337 e. The summed E-state index contributed by atoms with van der Waals surface area (Å²) in [5.74, 6) is 0.253. The van der Waals surface area contributed by atoms with Gasteiger partial charge in [-0.1, -0.05) is 6.07 Å². The lowest BCUT2D eigenvalue weighted by Crippen LogP contribution is -2.35. The highest BCUT2D eigenvalue weighted by Crippen LogP contribution is 2.34. The molecule has 3 rings (SSSR count). The molecule has 1 saturated heterocycles. The standard InChI is InChI=1S/C19H23NO4S/c1-23-19(22)14-6-8-16(9-7-14)24-13-15(21)12-20-10-2-4-17(20)18-5-3-11-25-18/h3,5-9,11,15,17,21H,2,4,10,12-13H2,1H3/t15-,17-/m1/s1. The van der Waals surface area contributed by atoms with Gasteiger partial charge in [0.1, 0.15) is 18.5 Å². The molecule has 2 heterocycles. The number of methoxy groups -OCH3 is 1. The molecule has 1 aliphatic heterocycles. The summed E-state index contributed by atoms with van der Waals surface area (Å²) in [4.78, 5) is 15.1. The highest BCUT2D eigenvalue weighted by molar-refractivity contribution is 7.10. The summed E-state index contributed by atoms with van der Waals surface area (Å²) < 4.78 is 10.3. The second-order valence-electron chi connectivity index (χ2n) is 6.15. The van der Waals surface area contributed by atoms with Gasteiger partial charge in [-0.2, -0.15) is 0 Å². The van der Waals surface area contributed by atoms with Crippen LogP contribution in [-0.4, -0.2) is 48.9 Å². The van der Waals surface area contributed by atoms with E-state index in [4.69, 9.17) is 4.74 Å². The molecule has 1 aromatic carbocycles. The fraction of sp³-hybridized carbons (Fsp3) is 0.421. The summed E-state index contributed by atoms with van der Waals surface area (Å²) in [5, 5.41) is 12.4. The molecule has 1 aliphatic rings. The Labute approximate surface area is 151 Å². The molecule has 1 N–H and O–H groups in total. The van der Waals surface area contributed by atoms with Crippen LogP contribution in [0.25, 0.3) is 0 Å². The molecule has 5 nitrogen and oxygen atoms in total. The van der Waals surface area contributed by atoms with E-state index < -0.39 is 6.10 Å². The van der Waals surface area contributed by atoms with E-state index in [2.05, 4.69) is 27.1 Å². The number of rotatable bonds is 7. The number of hydrogen-bond acceptors (Lipinski definition) is 6. The topological polar surface area (TPSA) is 59.0 Å². The van der Waals surface area contributed by atoms with Gasteiger partial charge in [0.15, 0.2) is 0 Å². The molecule has 2 aromatic rings. The molecule has 134 valence electrons. The zero-order chi connectivity index (χ0) is 17.6. The Balaban J connectivity index is 1.49. The Morgan fingerprint density at radius 3 is 2.84 bits per heavy atom. The van der Waals surface area contributed by atoms with Crippen LogP contribution in [0.15, 0.2) is 41.8 Å². The van der Waals surface area contributed by atoms with Crippen molar-refractivity contribution < 1.29 is 19.4 Å². The summed E-state index contributed by atoms with van der Waals surface area (Å²) in [6.45, 7) is 1.83. The Morgan fingerprint density at radius 1 is 1.36 bits per heavy atom. The van der Waals surface area contributed by atoms with Gasteiger partial charge in [-0.25, -0.2) is 4.79 Å². The monoisotopic (exact) mass is 361 g/mol. The van der Waals surface area contributed by atoms with Crippen LogP contribution >= 0.6 is 11.3 Å². The van der Waals surface area contributed by atoms with Crippen LogP contribution in [0.4, 0.5) is 0 Å². The van der Waals surface area contributed by atoms with E-state index in [0.29, 0.717) is 23.9 Å². The highest BCUT2D eigenvalue weighted by Gasteiger charge is 2.28. The highest BCUT2D eigenvalue weighted by atomic mass is 32.1. The van der Waals surface area contributed by atoms with E-state index in [1.165, 1.54) is 12.0 Å². The summed E-state index contributed by atoms with van der Waals surface area (Å²) in [7, 11) is 1.35. The Morgan fingerprint density at radius 2 is 2.16 bits per heavy atom. The van der Waals surface area contributed by atoms with Gasteiger partial charge in [0.2, 0.25) is 0 Å². The van der Waals surface area contributed by atoms with E-state index in [-0.39, 0.29) is 12.6 Å². The van der Waals surface area contributed by atoms with E-state index in [9.17, 15) is 9.90 Å².